The third-order valence-corrected chi connectivity index (χ3v) is 4.36. The van der Waals surface area contributed by atoms with Crippen molar-refractivity contribution in [3.05, 3.63) is 65.2 Å². The molecular formula is C18H19NOS. The lowest BCUT2D eigenvalue weighted by Crippen LogP contribution is -2.25. The molecule has 1 aliphatic rings. The van der Waals surface area contributed by atoms with Gasteiger partial charge in [-0.25, -0.2) is 0 Å². The number of anilines is 1. The second kappa shape index (κ2) is 6.35. The molecule has 2 aromatic rings. The first kappa shape index (κ1) is 14.2. The molecule has 0 aromatic heterocycles. The summed E-state index contributed by atoms with van der Waals surface area (Å²) < 4.78 is 0. The van der Waals surface area contributed by atoms with Crippen molar-refractivity contribution in [2.75, 3.05) is 5.32 Å². The Balaban J connectivity index is 1.63. The van der Waals surface area contributed by atoms with E-state index in [1.807, 2.05) is 36.4 Å². The van der Waals surface area contributed by atoms with Crippen molar-refractivity contribution in [1.82, 2.24) is 0 Å². The lowest BCUT2D eigenvalue weighted by atomic mass is 10.1. The number of benzene rings is 2. The van der Waals surface area contributed by atoms with E-state index in [2.05, 4.69) is 30.1 Å². The molecule has 0 radical (unpaired) electrons. The van der Waals surface area contributed by atoms with Crippen LogP contribution in [0.1, 0.15) is 23.1 Å². The molecule has 0 bridgehead atoms. The van der Waals surface area contributed by atoms with Crippen molar-refractivity contribution >= 4 is 24.2 Å². The van der Waals surface area contributed by atoms with E-state index in [1.54, 1.807) is 0 Å². The molecule has 2 nitrogen and oxygen atoms in total. The number of hydrogen-bond donors (Lipinski definition) is 2. The van der Waals surface area contributed by atoms with Crippen LogP contribution in [0.4, 0.5) is 5.69 Å². The van der Waals surface area contributed by atoms with Crippen LogP contribution in [0.2, 0.25) is 0 Å². The number of aryl methyl sites for hydroxylation is 2. The van der Waals surface area contributed by atoms with E-state index in [-0.39, 0.29) is 11.2 Å². The van der Waals surface area contributed by atoms with Gasteiger partial charge in [-0.1, -0.05) is 36.4 Å². The predicted molar refractivity (Wildman–Crippen MR) is 90.0 cm³/mol. The van der Waals surface area contributed by atoms with Crippen LogP contribution in [0.15, 0.2) is 48.5 Å². The first-order valence-corrected chi connectivity index (χ1v) is 7.89. The first-order valence-electron chi connectivity index (χ1n) is 7.37. The van der Waals surface area contributed by atoms with E-state index in [0.29, 0.717) is 6.42 Å². The second-order valence-electron chi connectivity index (χ2n) is 5.53. The van der Waals surface area contributed by atoms with E-state index >= 15 is 0 Å². The number of thiol groups is 1. The highest BCUT2D eigenvalue weighted by Crippen LogP contribution is 2.25. The normalized spacial score (nSPS) is 14.5. The molecule has 108 valence electrons. The molecule has 1 unspecified atom stereocenters. The molecule has 1 atom stereocenters. The van der Waals surface area contributed by atoms with Crippen LogP contribution in [-0.4, -0.2) is 11.2 Å². The Morgan fingerprint density at radius 3 is 2.67 bits per heavy atom. The highest BCUT2D eigenvalue weighted by atomic mass is 32.1. The SMILES string of the molecule is O=C(Nc1ccc2c(c1)CCC2)C(S)Cc1ccccc1. The lowest BCUT2D eigenvalue weighted by molar-refractivity contribution is -0.115. The number of hydrogen-bond acceptors (Lipinski definition) is 2. The average Bonchev–Trinajstić information content (AvgIpc) is 2.95. The second-order valence-corrected chi connectivity index (χ2v) is 6.16. The van der Waals surface area contributed by atoms with Crippen LogP contribution in [0.3, 0.4) is 0 Å². The number of rotatable bonds is 4. The summed E-state index contributed by atoms with van der Waals surface area (Å²) in [6, 6.07) is 16.2. The van der Waals surface area contributed by atoms with Gasteiger partial charge in [0.25, 0.3) is 0 Å². The van der Waals surface area contributed by atoms with Gasteiger partial charge in [0.05, 0.1) is 5.25 Å². The minimum absolute atomic E-state index is 0.0415. The molecule has 0 saturated carbocycles. The van der Waals surface area contributed by atoms with E-state index in [1.165, 1.54) is 17.5 Å². The van der Waals surface area contributed by atoms with Gasteiger partial charge in [0.15, 0.2) is 0 Å². The van der Waals surface area contributed by atoms with E-state index in [4.69, 9.17) is 0 Å². The number of carbonyl (C=O) groups excluding carboxylic acids is 1. The summed E-state index contributed by atoms with van der Waals surface area (Å²) in [5, 5.41) is 2.64. The van der Waals surface area contributed by atoms with Crippen molar-refractivity contribution in [2.24, 2.45) is 0 Å². The topological polar surface area (TPSA) is 29.1 Å². The maximum absolute atomic E-state index is 12.2. The maximum atomic E-state index is 12.2. The molecule has 21 heavy (non-hydrogen) atoms. The fraction of sp³-hybridized carbons (Fsp3) is 0.278. The Bertz CT molecular complexity index is 639. The molecule has 3 rings (SSSR count). The van der Waals surface area contributed by atoms with Crippen LogP contribution in [0.25, 0.3) is 0 Å². The zero-order chi connectivity index (χ0) is 14.7. The number of fused-ring (bicyclic) bond motifs is 1. The first-order chi connectivity index (χ1) is 10.2. The Hall–Kier alpha value is -1.74. The van der Waals surface area contributed by atoms with Crippen molar-refractivity contribution in [1.29, 1.82) is 0 Å². The van der Waals surface area contributed by atoms with Gasteiger partial charge in [-0.15, -0.1) is 0 Å². The fourth-order valence-electron chi connectivity index (χ4n) is 2.81. The molecular weight excluding hydrogens is 278 g/mol. The predicted octanol–water partition coefficient (Wildman–Crippen LogP) is 3.65. The summed E-state index contributed by atoms with van der Waals surface area (Å²) >= 11 is 4.44. The largest absolute Gasteiger partial charge is 0.325 e. The quantitative estimate of drug-likeness (QED) is 0.829. The number of amides is 1. The van der Waals surface area contributed by atoms with Crippen molar-refractivity contribution in [3.8, 4) is 0 Å². The minimum Gasteiger partial charge on any atom is -0.325 e. The van der Waals surface area contributed by atoms with Crippen molar-refractivity contribution in [2.45, 2.75) is 30.9 Å². The molecule has 1 N–H and O–H groups in total. The standard InChI is InChI=1S/C18H19NOS/c20-18(17(21)11-13-5-2-1-3-6-13)19-16-10-9-14-7-4-8-15(14)12-16/h1-3,5-6,9-10,12,17,21H,4,7-8,11H2,(H,19,20). The van der Waals surface area contributed by atoms with Crippen LogP contribution in [0.5, 0.6) is 0 Å². The zero-order valence-electron chi connectivity index (χ0n) is 11.9. The van der Waals surface area contributed by atoms with Crippen molar-refractivity contribution < 1.29 is 4.79 Å². The molecule has 0 fully saturated rings. The highest BCUT2D eigenvalue weighted by Gasteiger charge is 2.16. The van der Waals surface area contributed by atoms with E-state index in [0.717, 1.165) is 24.1 Å². The highest BCUT2D eigenvalue weighted by molar-refractivity contribution is 7.81. The monoisotopic (exact) mass is 297 g/mol. The lowest BCUT2D eigenvalue weighted by Gasteiger charge is -2.12. The zero-order valence-corrected chi connectivity index (χ0v) is 12.8. The van der Waals surface area contributed by atoms with Gasteiger partial charge >= 0.3 is 0 Å². The number of nitrogens with one attached hydrogen (secondary N) is 1. The molecule has 3 heteroatoms. The molecule has 0 aliphatic heterocycles. The van der Waals surface area contributed by atoms with Gasteiger partial charge in [0.1, 0.15) is 0 Å². The molecule has 1 amide bonds. The van der Waals surface area contributed by atoms with Gasteiger partial charge < -0.3 is 5.32 Å². The smallest absolute Gasteiger partial charge is 0.237 e. The third kappa shape index (κ3) is 3.48. The summed E-state index contributed by atoms with van der Waals surface area (Å²) in [7, 11) is 0. The summed E-state index contributed by atoms with van der Waals surface area (Å²) in [6.45, 7) is 0. The van der Waals surface area contributed by atoms with Crippen LogP contribution < -0.4 is 5.32 Å². The maximum Gasteiger partial charge on any atom is 0.237 e. The van der Waals surface area contributed by atoms with Crippen LogP contribution in [0, 0.1) is 0 Å². The molecule has 2 aromatic carbocycles. The Labute approximate surface area is 131 Å². The minimum atomic E-state index is -0.333. The summed E-state index contributed by atoms with van der Waals surface area (Å²) in [5.74, 6) is -0.0415. The summed E-state index contributed by atoms with van der Waals surface area (Å²) in [4.78, 5) is 12.2. The summed E-state index contributed by atoms with van der Waals surface area (Å²) in [5.41, 5.74) is 4.79. The fourth-order valence-corrected chi connectivity index (χ4v) is 3.08. The van der Waals surface area contributed by atoms with E-state index < -0.39 is 0 Å². The Morgan fingerprint density at radius 1 is 1.10 bits per heavy atom. The van der Waals surface area contributed by atoms with Gasteiger partial charge in [-0.3, -0.25) is 4.79 Å². The third-order valence-electron chi connectivity index (χ3n) is 3.94. The molecule has 0 spiro atoms. The van der Waals surface area contributed by atoms with E-state index in [9.17, 15) is 4.79 Å². The Morgan fingerprint density at radius 2 is 1.86 bits per heavy atom. The van der Waals surface area contributed by atoms with Crippen LogP contribution >= 0.6 is 12.6 Å². The molecule has 1 aliphatic carbocycles. The average molecular weight is 297 g/mol. The van der Waals surface area contributed by atoms with Gasteiger partial charge in [0, 0.05) is 5.69 Å². The van der Waals surface area contributed by atoms with Gasteiger partial charge in [-0.2, -0.15) is 12.6 Å². The summed E-state index contributed by atoms with van der Waals surface area (Å²) in [6.07, 6.45) is 4.14. The van der Waals surface area contributed by atoms with Crippen LogP contribution in [-0.2, 0) is 24.1 Å². The van der Waals surface area contributed by atoms with Gasteiger partial charge in [-0.05, 0) is 54.5 Å². The Kier molecular flexibility index (Phi) is 4.30. The van der Waals surface area contributed by atoms with Gasteiger partial charge in [0.2, 0.25) is 5.91 Å². The number of carbonyl (C=O) groups is 1. The molecule has 0 saturated heterocycles. The van der Waals surface area contributed by atoms with Crippen molar-refractivity contribution in [3.63, 3.8) is 0 Å². The molecule has 0 heterocycles.